The van der Waals surface area contributed by atoms with Crippen molar-refractivity contribution < 1.29 is 36.6 Å². The van der Waals surface area contributed by atoms with Gasteiger partial charge >= 0.3 is 12.1 Å². The number of alkyl halides is 3. The fraction of sp³-hybridized carbons (Fsp3) is 0.263. The second kappa shape index (κ2) is 9.84. The van der Waals surface area contributed by atoms with Crippen molar-refractivity contribution in [1.82, 2.24) is 5.32 Å². The lowest BCUT2D eigenvalue weighted by Gasteiger charge is -2.09. The number of hydrogen-bond donors (Lipinski definition) is 1. The zero-order chi connectivity index (χ0) is 20.6. The van der Waals surface area contributed by atoms with Crippen LogP contribution in [0.2, 0.25) is 0 Å². The molecule has 150 valence electrons. The molecule has 9 heteroatoms. The molecule has 0 aliphatic rings. The fourth-order valence-corrected chi connectivity index (χ4v) is 2.09. The number of amides is 1. The van der Waals surface area contributed by atoms with Crippen LogP contribution < -0.4 is 5.32 Å². The number of esters is 1. The minimum absolute atomic E-state index is 0.144. The SMILES string of the molecule is O=C(COC(=O)c1ccc(COCC(F)(F)F)cc1)NCc1ccc(F)cc1. The van der Waals surface area contributed by atoms with E-state index in [1.165, 1.54) is 48.5 Å². The largest absolute Gasteiger partial charge is 0.452 e. The van der Waals surface area contributed by atoms with Crippen molar-refractivity contribution in [3.8, 4) is 0 Å². The number of carbonyl (C=O) groups is 2. The third-order valence-electron chi connectivity index (χ3n) is 3.46. The Morgan fingerprint density at radius 2 is 1.54 bits per heavy atom. The number of hydrogen-bond acceptors (Lipinski definition) is 4. The molecular weight excluding hydrogens is 382 g/mol. The van der Waals surface area contributed by atoms with Gasteiger partial charge in [-0.3, -0.25) is 4.79 Å². The minimum Gasteiger partial charge on any atom is -0.452 e. The molecule has 0 aliphatic carbocycles. The highest BCUT2D eigenvalue weighted by atomic mass is 19.4. The molecule has 1 N–H and O–H groups in total. The van der Waals surface area contributed by atoms with Crippen LogP contribution in [-0.2, 0) is 27.4 Å². The number of halogens is 4. The van der Waals surface area contributed by atoms with E-state index in [-0.39, 0.29) is 24.5 Å². The van der Waals surface area contributed by atoms with Crippen LogP contribution in [0.4, 0.5) is 17.6 Å². The van der Waals surface area contributed by atoms with E-state index in [0.29, 0.717) is 11.1 Å². The number of benzene rings is 2. The van der Waals surface area contributed by atoms with Crippen LogP contribution in [0.15, 0.2) is 48.5 Å². The maximum Gasteiger partial charge on any atom is 0.411 e. The molecule has 0 bridgehead atoms. The molecule has 0 aromatic heterocycles. The molecule has 28 heavy (non-hydrogen) atoms. The van der Waals surface area contributed by atoms with Crippen LogP contribution >= 0.6 is 0 Å². The Balaban J connectivity index is 1.73. The van der Waals surface area contributed by atoms with Crippen molar-refractivity contribution in [1.29, 1.82) is 0 Å². The predicted molar refractivity (Wildman–Crippen MR) is 90.7 cm³/mol. The summed E-state index contributed by atoms with van der Waals surface area (Å²) < 4.78 is 58.2. The van der Waals surface area contributed by atoms with Gasteiger partial charge in [-0.15, -0.1) is 0 Å². The lowest BCUT2D eigenvalue weighted by Crippen LogP contribution is -2.28. The van der Waals surface area contributed by atoms with Gasteiger partial charge in [-0.25, -0.2) is 9.18 Å². The molecule has 0 heterocycles. The van der Waals surface area contributed by atoms with Crippen LogP contribution in [0, 0.1) is 5.82 Å². The van der Waals surface area contributed by atoms with E-state index in [4.69, 9.17) is 4.74 Å². The van der Waals surface area contributed by atoms with Gasteiger partial charge in [-0.05, 0) is 35.4 Å². The third kappa shape index (κ3) is 7.75. The quantitative estimate of drug-likeness (QED) is 0.546. The highest BCUT2D eigenvalue weighted by Gasteiger charge is 2.27. The van der Waals surface area contributed by atoms with Crippen molar-refractivity contribution in [3.05, 3.63) is 71.0 Å². The highest BCUT2D eigenvalue weighted by Crippen LogP contribution is 2.16. The molecule has 2 rings (SSSR count). The molecule has 0 saturated heterocycles. The van der Waals surface area contributed by atoms with Gasteiger partial charge in [0.1, 0.15) is 12.4 Å². The van der Waals surface area contributed by atoms with Crippen LogP contribution in [0.1, 0.15) is 21.5 Å². The summed E-state index contributed by atoms with van der Waals surface area (Å²) in [5, 5.41) is 2.52. The van der Waals surface area contributed by atoms with Gasteiger partial charge < -0.3 is 14.8 Å². The summed E-state index contributed by atoms with van der Waals surface area (Å²) in [5.74, 6) is -1.67. The lowest BCUT2D eigenvalue weighted by molar-refractivity contribution is -0.176. The topological polar surface area (TPSA) is 64.6 Å². The van der Waals surface area contributed by atoms with Crippen LogP contribution in [0.25, 0.3) is 0 Å². The normalized spacial score (nSPS) is 11.1. The number of nitrogens with one attached hydrogen (secondary N) is 1. The second-order valence-corrected chi connectivity index (χ2v) is 5.78. The van der Waals surface area contributed by atoms with E-state index in [9.17, 15) is 27.2 Å². The second-order valence-electron chi connectivity index (χ2n) is 5.78. The third-order valence-corrected chi connectivity index (χ3v) is 3.46. The fourth-order valence-electron chi connectivity index (χ4n) is 2.09. The maximum absolute atomic E-state index is 12.8. The van der Waals surface area contributed by atoms with Crippen LogP contribution in [-0.4, -0.2) is 31.3 Å². The van der Waals surface area contributed by atoms with Crippen molar-refractivity contribution in [2.75, 3.05) is 13.2 Å². The smallest absolute Gasteiger partial charge is 0.411 e. The van der Waals surface area contributed by atoms with Crippen molar-refractivity contribution in [2.24, 2.45) is 0 Å². The molecule has 2 aromatic carbocycles. The summed E-state index contributed by atoms with van der Waals surface area (Å²) in [7, 11) is 0. The molecule has 0 unspecified atom stereocenters. The Hall–Kier alpha value is -2.94. The molecule has 0 fully saturated rings. The van der Waals surface area contributed by atoms with E-state index in [1.54, 1.807) is 0 Å². The summed E-state index contributed by atoms with van der Waals surface area (Å²) >= 11 is 0. The molecule has 2 aromatic rings. The van der Waals surface area contributed by atoms with Gasteiger partial charge in [0.25, 0.3) is 5.91 Å². The zero-order valence-electron chi connectivity index (χ0n) is 14.6. The van der Waals surface area contributed by atoms with Gasteiger partial charge in [0.05, 0.1) is 12.2 Å². The summed E-state index contributed by atoms with van der Waals surface area (Å²) in [6.45, 7) is -1.95. The monoisotopic (exact) mass is 399 g/mol. The van der Waals surface area contributed by atoms with Crippen molar-refractivity contribution in [2.45, 2.75) is 19.3 Å². The van der Waals surface area contributed by atoms with Gasteiger partial charge in [-0.2, -0.15) is 13.2 Å². The maximum atomic E-state index is 12.8. The van der Waals surface area contributed by atoms with E-state index >= 15 is 0 Å². The molecule has 5 nitrogen and oxygen atoms in total. The standard InChI is InChI=1S/C19H17F4NO4/c20-16-7-3-13(4-8-16)9-24-17(25)11-28-18(26)15-5-1-14(2-6-15)10-27-12-19(21,22)23/h1-8H,9-12H2,(H,24,25). The summed E-state index contributed by atoms with van der Waals surface area (Å²) in [6.07, 6.45) is -4.40. The number of carbonyl (C=O) groups excluding carboxylic acids is 2. The van der Waals surface area contributed by atoms with Crippen molar-refractivity contribution >= 4 is 11.9 Å². The van der Waals surface area contributed by atoms with E-state index < -0.39 is 31.3 Å². The average Bonchev–Trinajstić information content (AvgIpc) is 2.65. The van der Waals surface area contributed by atoms with Crippen molar-refractivity contribution in [3.63, 3.8) is 0 Å². The average molecular weight is 399 g/mol. The molecular formula is C19H17F4NO4. The summed E-state index contributed by atoms with van der Waals surface area (Å²) in [5.41, 5.74) is 1.29. The first-order valence-corrected chi connectivity index (χ1v) is 8.14. The number of ether oxygens (including phenoxy) is 2. The van der Waals surface area contributed by atoms with Gasteiger partial charge in [-0.1, -0.05) is 24.3 Å². The summed E-state index contributed by atoms with van der Waals surface area (Å²) in [4.78, 5) is 23.6. The first-order valence-electron chi connectivity index (χ1n) is 8.14. The van der Waals surface area contributed by atoms with Crippen LogP contribution in [0.3, 0.4) is 0 Å². The molecule has 0 radical (unpaired) electrons. The first kappa shape index (κ1) is 21.4. The molecule has 1 amide bonds. The molecule has 0 aliphatic heterocycles. The van der Waals surface area contributed by atoms with Gasteiger partial charge in [0.15, 0.2) is 6.61 Å². The Morgan fingerprint density at radius 1 is 0.929 bits per heavy atom. The lowest BCUT2D eigenvalue weighted by atomic mass is 10.1. The Kier molecular flexibility index (Phi) is 7.51. The van der Waals surface area contributed by atoms with E-state index in [1.807, 2.05) is 0 Å². The summed E-state index contributed by atoms with van der Waals surface area (Å²) in [6, 6.07) is 11.2. The highest BCUT2D eigenvalue weighted by molar-refractivity contribution is 5.91. The van der Waals surface area contributed by atoms with E-state index in [0.717, 1.165) is 0 Å². The first-order chi connectivity index (χ1) is 13.2. The Bertz CT molecular complexity index is 789. The van der Waals surface area contributed by atoms with E-state index in [2.05, 4.69) is 10.1 Å². The minimum atomic E-state index is -4.40. The molecule has 0 spiro atoms. The molecule has 0 saturated carbocycles. The Labute approximate surface area is 158 Å². The Morgan fingerprint density at radius 3 is 2.14 bits per heavy atom. The van der Waals surface area contributed by atoms with Gasteiger partial charge in [0.2, 0.25) is 0 Å². The van der Waals surface area contributed by atoms with Crippen LogP contribution in [0.5, 0.6) is 0 Å². The number of rotatable bonds is 8. The predicted octanol–water partition coefficient (Wildman–Crippen LogP) is 3.38. The molecule has 0 atom stereocenters. The van der Waals surface area contributed by atoms with Gasteiger partial charge in [0, 0.05) is 6.54 Å². The zero-order valence-corrected chi connectivity index (χ0v) is 14.6.